The molecular formula is C59H110O6. The Morgan fingerprint density at radius 2 is 0.585 bits per heavy atom. The molecule has 0 aliphatic heterocycles. The van der Waals surface area contributed by atoms with E-state index >= 15 is 0 Å². The largest absolute Gasteiger partial charge is 0.462 e. The van der Waals surface area contributed by atoms with Gasteiger partial charge in [-0.05, 0) is 44.9 Å². The van der Waals surface area contributed by atoms with Gasteiger partial charge in [0.05, 0.1) is 0 Å². The number of ether oxygens (including phenoxy) is 3. The van der Waals surface area contributed by atoms with Gasteiger partial charge in [-0.2, -0.15) is 0 Å². The number of carbonyl (C=O) groups excluding carboxylic acids is 3. The molecule has 0 aromatic carbocycles. The molecule has 6 heteroatoms. The van der Waals surface area contributed by atoms with Crippen molar-refractivity contribution in [3.05, 3.63) is 24.3 Å². The van der Waals surface area contributed by atoms with Crippen molar-refractivity contribution in [2.24, 2.45) is 0 Å². The summed E-state index contributed by atoms with van der Waals surface area (Å²) in [5.74, 6) is -0.864. The smallest absolute Gasteiger partial charge is 0.306 e. The Hall–Kier alpha value is -2.11. The van der Waals surface area contributed by atoms with Crippen molar-refractivity contribution < 1.29 is 28.6 Å². The third-order valence-electron chi connectivity index (χ3n) is 12.9. The van der Waals surface area contributed by atoms with Gasteiger partial charge in [0.1, 0.15) is 13.2 Å². The van der Waals surface area contributed by atoms with Crippen LogP contribution in [0.1, 0.15) is 316 Å². The van der Waals surface area contributed by atoms with E-state index < -0.39 is 6.10 Å². The van der Waals surface area contributed by atoms with Crippen LogP contribution in [-0.4, -0.2) is 37.2 Å². The number of unbranched alkanes of at least 4 members (excludes halogenated alkanes) is 38. The predicted molar refractivity (Wildman–Crippen MR) is 279 cm³/mol. The van der Waals surface area contributed by atoms with Gasteiger partial charge in [0.15, 0.2) is 6.10 Å². The first-order chi connectivity index (χ1) is 32.0. The molecule has 0 bridgehead atoms. The van der Waals surface area contributed by atoms with Gasteiger partial charge in [0.2, 0.25) is 0 Å². The lowest BCUT2D eigenvalue weighted by atomic mass is 10.0. The first-order valence-corrected chi connectivity index (χ1v) is 28.8. The highest BCUT2D eigenvalue weighted by atomic mass is 16.6. The number of carbonyl (C=O) groups is 3. The molecule has 0 N–H and O–H groups in total. The number of esters is 3. The SMILES string of the molecule is CCC/C=C\C/C=C\CCCCCCCC(=O)OCC(COC(=O)CCCCCCCCCCCCCCCCCCCCCC)OC(=O)CCCCCCCCCCCCCCCC. The molecule has 0 radical (unpaired) electrons. The van der Waals surface area contributed by atoms with Crippen molar-refractivity contribution in [1.29, 1.82) is 0 Å². The van der Waals surface area contributed by atoms with Crippen LogP contribution in [0.2, 0.25) is 0 Å². The normalized spacial score (nSPS) is 12.1. The lowest BCUT2D eigenvalue weighted by molar-refractivity contribution is -0.167. The molecule has 0 fully saturated rings. The van der Waals surface area contributed by atoms with Crippen LogP contribution in [0.5, 0.6) is 0 Å². The van der Waals surface area contributed by atoms with Gasteiger partial charge in [-0.25, -0.2) is 0 Å². The van der Waals surface area contributed by atoms with Gasteiger partial charge >= 0.3 is 17.9 Å². The Morgan fingerprint density at radius 1 is 0.308 bits per heavy atom. The predicted octanol–water partition coefficient (Wildman–Crippen LogP) is 19.1. The first-order valence-electron chi connectivity index (χ1n) is 28.8. The molecule has 0 saturated heterocycles. The number of rotatable bonds is 53. The van der Waals surface area contributed by atoms with Crippen LogP contribution in [0.3, 0.4) is 0 Å². The summed E-state index contributed by atoms with van der Waals surface area (Å²) in [5.41, 5.74) is 0. The minimum atomic E-state index is -0.771. The maximum Gasteiger partial charge on any atom is 0.306 e. The van der Waals surface area contributed by atoms with Crippen LogP contribution in [0, 0.1) is 0 Å². The average molecular weight is 916 g/mol. The second-order valence-corrected chi connectivity index (χ2v) is 19.6. The summed E-state index contributed by atoms with van der Waals surface area (Å²) in [6, 6.07) is 0. The molecule has 65 heavy (non-hydrogen) atoms. The zero-order valence-electron chi connectivity index (χ0n) is 43.8. The van der Waals surface area contributed by atoms with Crippen LogP contribution in [0.4, 0.5) is 0 Å². The van der Waals surface area contributed by atoms with Crippen molar-refractivity contribution in [1.82, 2.24) is 0 Å². The lowest BCUT2D eigenvalue weighted by Gasteiger charge is -2.18. The van der Waals surface area contributed by atoms with Crippen LogP contribution in [0.15, 0.2) is 24.3 Å². The number of hydrogen-bond donors (Lipinski definition) is 0. The second-order valence-electron chi connectivity index (χ2n) is 19.6. The Kier molecular flexibility index (Phi) is 52.7. The average Bonchev–Trinajstić information content (AvgIpc) is 3.30. The molecule has 0 heterocycles. The molecule has 0 saturated carbocycles. The Bertz CT molecular complexity index is 1050. The van der Waals surface area contributed by atoms with E-state index in [9.17, 15) is 14.4 Å². The van der Waals surface area contributed by atoms with Crippen molar-refractivity contribution in [2.75, 3.05) is 13.2 Å². The Balaban J connectivity index is 4.28. The van der Waals surface area contributed by atoms with E-state index in [-0.39, 0.29) is 31.1 Å². The molecule has 0 spiro atoms. The van der Waals surface area contributed by atoms with E-state index in [0.717, 1.165) is 83.5 Å². The van der Waals surface area contributed by atoms with Crippen molar-refractivity contribution in [3.63, 3.8) is 0 Å². The van der Waals surface area contributed by atoms with Gasteiger partial charge < -0.3 is 14.2 Å². The second kappa shape index (κ2) is 54.5. The van der Waals surface area contributed by atoms with Crippen LogP contribution >= 0.6 is 0 Å². The first kappa shape index (κ1) is 62.9. The Labute approximate surface area is 404 Å². The topological polar surface area (TPSA) is 78.9 Å². The third kappa shape index (κ3) is 52.7. The maximum absolute atomic E-state index is 12.8. The zero-order valence-corrected chi connectivity index (χ0v) is 43.8. The van der Waals surface area contributed by atoms with E-state index in [2.05, 4.69) is 45.1 Å². The van der Waals surface area contributed by atoms with E-state index in [4.69, 9.17) is 14.2 Å². The molecule has 0 amide bonds. The fourth-order valence-electron chi connectivity index (χ4n) is 8.60. The summed E-state index contributed by atoms with van der Waals surface area (Å²) in [7, 11) is 0. The minimum Gasteiger partial charge on any atom is -0.462 e. The number of hydrogen-bond acceptors (Lipinski definition) is 6. The van der Waals surface area contributed by atoms with Crippen LogP contribution in [-0.2, 0) is 28.6 Å². The fraction of sp³-hybridized carbons (Fsp3) is 0.881. The highest BCUT2D eigenvalue weighted by Gasteiger charge is 2.19. The highest BCUT2D eigenvalue weighted by Crippen LogP contribution is 2.17. The summed E-state index contributed by atoms with van der Waals surface area (Å²) in [4.78, 5) is 38.1. The molecule has 1 atom stereocenters. The maximum atomic E-state index is 12.8. The lowest BCUT2D eigenvalue weighted by Crippen LogP contribution is -2.30. The molecule has 0 rings (SSSR count). The molecule has 0 aliphatic rings. The fourth-order valence-corrected chi connectivity index (χ4v) is 8.60. The highest BCUT2D eigenvalue weighted by molar-refractivity contribution is 5.71. The molecule has 0 aromatic heterocycles. The molecule has 6 nitrogen and oxygen atoms in total. The van der Waals surface area contributed by atoms with Crippen molar-refractivity contribution in [2.45, 2.75) is 322 Å². The molecule has 382 valence electrons. The minimum absolute atomic E-state index is 0.0702. The van der Waals surface area contributed by atoms with E-state index in [1.807, 2.05) is 0 Å². The van der Waals surface area contributed by atoms with Crippen molar-refractivity contribution >= 4 is 17.9 Å². The summed E-state index contributed by atoms with van der Waals surface area (Å²) in [6.45, 7) is 6.61. The molecule has 0 aliphatic carbocycles. The van der Waals surface area contributed by atoms with Gasteiger partial charge in [0, 0.05) is 19.3 Å². The third-order valence-corrected chi connectivity index (χ3v) is 12.9. The van der Waals surface area contributed by atoms with Crippen LogP contribution < -0.4 is 0 Å². The molecule has 1 unspecified atom stereocenters. The standard InChI is InChI=1S/C59H110O6/c1-4-7-10-13-16-19-22-25-27-28-29-30-31-32-35-37-40-43-46-49-52-58(61)64-55-56(54-63-57(60)51-48-45-42-39-36-33-24-21-18-15-12-9-6-3)65-59(62)53-50-47-44-41-38-34-26-23-20-17-14-11-8-5-2/h12,15,21,24,56H,4-11,13-14,16-20,22-23,25-55H2,1-3H3/b15-12-,24-21-. The summed E-state index contributed by atoms with van der Waals surface area (Å²) in [5, 5.41) is 0. The zero-order chi connectivity index (χ0) is 47.2. The Morgan fingerprint density at radius 3 is 0.908 bits per heavy atom. The molecule has 0 aromatic rings. The van der Waals surface area contributed by atoms with E-state index in [1.165, 1.54) is 193 Å². The van der Waals surface area contributed by atoms with E-state index in [1.54, 1.807) is 0 Å². The van der Waals surface area contributed by atoms with Crippen LogP contribution in [0.25, 0.3) is 0 Å². The summed E-state index contributed by atoms with van der Waals surface area (Å²) in [6.07, 6.45) is 63.1. The quantitative estimate of drug-likeness (QED) is 0.0262. The monoisotopic (exact) mass is 915 g/mol. The molecular weight excluding hydrogens is 805 g/mol. The van der Waals surface area contributed by atoms with Gasteiger partial charge in [0.25, 0.3) is 0 Å². The van der Waals surface area contributed by atoms with Gasteiger partial charge in [-0.3, -0.25) is 14.4 Å². The van der Waals surface area contributed by atoms with Gasteiger partial charge in [-0.15, -0.1) is 0 Å². The number of allylic oxidation sites excluding steroid dienone is 4. The summed E-state index contributed by atoms with van der Waals surface area (Å²) >= 11 is 0. The van der Waals surface area contributed by atoms with Crippen molar-refractivity contribution in [3.8, 4) is 0 Å². The van der Waals surface area contributed by atoms with Gasteiger partial charge in [-0.1, -0.05) is 276 Å². The summed E-state index contributed by atoms with van der Waals surface area (Å²) < 4.78 is 16.9. The van der Waals surface area contributed by atoms with E-state index in [0.29, 0.717) is 19.3 Å².